The van der Waals surface area contributed by atoms with Crippen LogP contribution in [0.15, 0.2) is 24.3 Å². The first-order valence-corrected chi connectivity index (χ1v) is 6.74. The Labute approximate surface area is 117 Å². The number of nitrogens with zero attached hydrogens (tertiary/aromatic N) is 1. The maximum atomic E-state index is 12.1. The fourth-order valence-corrected chi connectivity index (χ4v) is 2.48. The van der Waals surface area contributed by atoms with Crippen molar-refractivity contribution in [1.82, 2.24) is 10.6 Å². The molecule has 6 nitrogen and oxygen atoms in total. The molecule has 108 valence electrons. The zero-order chi connectivity index (χ0) is 14.6. The molecule has 0 radical (unpaired) electrons. The molecule has 1 atom stereocenters. The van der Waals surface area contributed by atoms with Crippen molar-refractivity contribution >= 4 is 11.6 Å². The summed E-state index contributed by atoms with van der Waals surface area (Å²) >= 11 is 0. The summed E-state index contributed by atoms with van der Waals surface area (Å²) in [4.78, 5) is 22.5. The van der Waals surface area contributed by atoms with Crippen LogP contribution in [-0.2, 0) is 0 Å². The minimum absolute atomic E-state index is 0.0114. The second-order valence-corrected chi connectivity index (χ2v) is 5.55. The largest absolute Gasteiger partial charge is 0.351 e. The molecule has 1 aliphatic heterocycles. The van der Waals surface area contributed by atoms with Crippen LogP contribution in [0.1, 0.15) is 30.1 Å². The Balaban J connectivity index is 2.03. The highest BCUT2D eigenvalue weighted by Gasteiger charge is 2.28. The minimum atomic E-state index is -0.529. The van der Waals surface area contributed by atoms with Crippen molar-refractivity contribution < 1.29 is 9.72 Å². The van der Waals surface area contributed by atoms with Gasteiger partial charge in [0.15, 0.2) is 0 Å². The van der Waals surface area contributed by atoms with Crippen molar-refractivity contribution in [3.05, 3.63) is 39.9 Å². The lowest BCUT2D eigenvalue weighted by atomic mass is 9.83. The summed E-state index contributed by atoms with van der Waals surface area (Å²) in [6.45, 7) is 4.49. The first-order valence-electron chi connectivity index (χ1n) is 6.74. The van der Waals surface area contributed by atoms with Gasteiger partial charge in [0.1, 0.15) is 5.56 Å². The first-order chi connectivity index (χ1) is 9.52. The number of para-hydroxylation sites is 1. The van der Waals surface area contributed by atoms with Crippen LogP contribution in [0.5, 0.6) is 0 Å². The monoisotopic (exact) mass is 277 g/mol. The van der Waals surface area contributed by atoms with Gasteiger partial charge in [-0.25, -0.2) is 0 Å². The summed E-state index contributed by atoms with van der Waals surface area (Å²) in [6, 6.07) is 6.01. The summed E-state index contributed by atoms with van der Waals surface area (Å²) in [5.41, 5.74) is -0.0286. The molecule has 1 aromatic rings. The van der Waals surface area contributed by atoms with Crippen LogP contribution >= 0.6 is 0 Å². The average Bonchev–Trinajstić information content (AvgIpc) is 2.45. The number of nitrogens with one attached hydrogen (secondary N) is 2. The van der Waals surface area contributed by atoms with Gasteiger partial charge in [-0.3, -0.25) is 14.9 Å². The van der Waals surface area contributed by atoms with Gasteiger partial charge in [-0.1, -0.05) is 19.1 Å². The molecule has 0 bridgehead atoms. The van der Waals surface area contributed by atoms with Crippen LogP contribution in [0.4, 0.5) is 5.69 Å². The van der Waals surface area contributed by atoms with Gasteiger partial charge in [0.25, 0.3) is 11.6 Å². The standard InChI is InChI=1S/C14H19N3O3/c1-14(7-4-8-15-9-14)10-16-13(18)11-5-2-3-6-12(11)17(19)20/h2-3,5-6,15H,4,7-10H2,1H3,(H,16,18). The number of carbonyl (C=O) groups excluding carboxylic acids is 1. The van der Waals surface area contributed by atoms with Crippen molar-refractivity contribution in [3.63, 3.8) is 0 Å². The zero-order valence-electron chi connectivity index (χ0n) is 11.5. The van der Waals surface area contributed by atoms with E-state index in [-0.39, 0.29) is 22.6 Å². The molecule has 6 heteroatoms. The predicted molar refractivity (Wildman–Crippen MR) is 75.6 cm³/mol. The third kappa shape index (κ3) is 3.33. The molecule has 20 heavy (non-hydrogen) atoms. The molecule has 2 N–H and O–H groups in total. The quantitative estimate of drug-likeness (QED) is 0.648. The molecule has 1 fully saturated rings. The third-order valence-corrected chi connectivity index (χ3v) is 3.71. The molecule has 1 saturated heterocycles. The number of amides is 1. The van der Waals surface area contributed by atoms with E-state index in [4.69, 9.17) is 0 Å². The van der Waals surface area contributed by atoms with E-state index in [1.54, 1.807) is 12.1 Å². The van der Waals surface area contributed by atoms with Crippen molar-refractivity contribution in [2.75, 3.05) is 19.6 Å². The second-order valence-electron chi connectivity index (χ2n) is 5.55. The average molecular weight is 277 g/mol. The molecule has 0 aromatic heterocycles. The van der Waals surface area contributed by atoms with Crippen molar-refractivity contribution in [3.8, 4) is 0 Å². The Morgan fingerprint density at radius 1 is 1.50 bits per heavy atom. The van der Waals surface area contributed by atoms with Crippen LogP contribution in [-0.4, -0.2) is 30.5 Å². The normalized spacial score (nSPS) is 22.2. The van der Waals surface area contributed by atoms with E-state index in [0.29, 0.717) is 6.54 Å². The fraction of sp³-hybridized carbons (Fsp3) is 0.500. The van der Waals surface area contributed by atoms with Gasteiger partial charge in [-0.05, 0) is 30.9 Å². The molecule has 1 amide bonds. The van der Waals surface area contributed by atoms with E-state index in [2.05, 4.69) is 17.6 Å². The fourth-order valence-electron chi connectivity index (χ4n) is 2.48. The van der Waals surface area contributed by atoms with E-state index < -0.39 is 4.92 Å². The smallest absolute Gasteiger partial charge is 0.282 e. The number of benzene rings is 1. The Hall–Kier alpha value is -1.95. The minimum Gasteiger partial charge on any atom is -0.351 e. The highest BCUT2D eigenvalue weighted by Crippen LogP contribution is 2.24. The highest BCUT2D eigenvalue weighted by molar-refractivity contribution is 5.98. The van der Waals surface area contributed by atoms with Crippen molar-refractivity contribution in [2.45, 2.75) is 19.8 Å². The SMILES string of the molecule is CC1(CNC(=O)c2ccccc2[N+](=O)[O-])CCCNC1. The number of nitro groups is 1. The van der Waals surface area contributed by atoms with Gasteiger partial charge in [0, 0.05) is 19.2 Å². The summed E-state index contributed by atoms with van der Waals surface area (Å²) in [6.07, 6.45) is 2.12. The summed E-state index contributed by atoms with van der Waals surface area (Å²) in [5, 5.41) is 17.0. The second kappa shape index (κ2) is 6.00. The topological polar surface area (TPSA) is 84.3 Å². The van der Waals surface area contributed by atoms with Crippen molar-refractivity contribution in [1.29, 1.82) is 0 Å². The summed E-state index contributed by atoms with van der Waals surface area (Å²) < 4.78 is 0. The van der Waals surface area contributed by atoms with Crippen LogP contribution in [0.3, 0.4) is 0 Å². The van der Waals surface area contributed by atoms with E-state index in [0.717, 1.165) is 25.9 Å². The number of hydrogen-bond donors (Lipinski definition) is 2. The molecular formula is C14H19N3O3. The van der Waals surface area contributed by atoms with Gasteiger partial charge in [0.05, 0.1) is 4.92 Å². The van der Waals surface area contributed by atoms with Gasteiger partial charge < -0.3 is 10.6 Å². The Morgan fingerprint density at radius 2 is 2.25 bits per heavy atom. The number of hydrogen-bond acceptors (Lipinski definition) is 4. The van der Waals surface area contributed by atoms with Crippen molar-refractivity contribution in [2.24, 2.45) is 5.41 Å². The van der Waals surface area contributed by atoms with Gasteiger partial charge in [-0.2, -0.15) is 0 Å². The Morgan fingerprint density at radius 3 is 2.90 bits per heavy atom. The molecule has 0 aliphatic carbocycles. The molecule has 1 unspecified atom stereocenters. The molecule has 1 aliphatic rings. The molecule has 0 spiro atoms. The molecular weight excluding hydrogens is 258 g/mol. The van der Waals surface area contributed by atoms with E-state index >= 15 is 0 Å². The lowest BCUT2D eigenvalue weighted by Gasteiger charge is -2.34. The van der Waals surface area contributed by atoms with Crippen LogP contribution in [0, 0.1) is 15.5 Å². The summed E-state index contributed by atoms with van der Waals surface area (Å²) in [5.74, 6) is -0.385. The number of rotatable bonds is 4. The van der Waals surface area contributed by atoms with E-state index in [9.17, 15) is 14.9 Å². The summed E-state index contributed by atoms with van der Waals surface area (Å²) in [7, 11) is 0. The Kier molecular flexibility index (Phi) is 4.34. The van der Waals surface area contributed by atoms with Crippen LogP contribution in [0.2, 0.25) is 0 Å². The lowest BCUT2D eigenvalue weighted by molar-refractivity contribution is -0.385. The molecule has 0 saturated carbocycles. The van der Waals surface area contributed by atoms with Crippen LogP contribution < -0.4 is 10.6 Å². The van der Waals surface area contributed by atoms with Crippen LogP contribution in [0.25, 0.3) is 0 Å². The predicted octanol–water partition coefficient (Wildman–Crippen LogP) is 1.71. The zero-order valence-corrected chi connectivity index (χ0v) is 11.5. The van der Waals surface area contributed by atoms with E-state index in [1.165, 1.54) is 12.1 Å². The molecule has 2 rings (SSSR count). The third-order valence-electron chi connectivity index (χ3n) is 3.71. The van der Waals surface area contributed by atoms with Gasteiger partial charge in [0.2, 0.25) is 0 Å². The van der Waals surface area contributed by atoms with Gasteiger partial charge >= 0.3 is 0 Å². The number of carbonyl (C=O) groups is 1. The maximum absolute atomic E-state index is 12.1. The van der Waals surface area contributed by atoms with E-state index in [1.807, 2.05) is 0 Å². The maximum Gasteiger partial charge on any atom is 0.282 e. The first kappa shape index (κ1) is 14.5. The lowest BCUT2D eigenvalue weighted by Crippen LogP contribution is -2.45. The number of nitro benzene ring substituents is 1. The Bertz CT molecular complexity index is 510. The molecule has 1 aromatic carbocycles. The molecule has 1 heterocycles. The van der Waals surface area contributed by atoms with Gasteiger partial charge in [-0.15, -0.1) is 0 Å². The number of piperidine rings is 1. The highest BCUT2D eigenvalue weighted by atomic mass is 16.6.